The van der Waals surface area contributed by atoms with Gasteiger partial charge in [-0.15, -0.1) is 0 Å². The standard InChI is InChI=1S/C15H16N4/c16-8-12-3-1-5-14(7-12)19-11-18-10-15(19)13-4-2-6-17-9-13/h1,3,5,7,10-11,13,17H,2,4,6,9H2. The average molecular weight is 252 g/mol. The van der Waals surface area contributed by atoms with E-state index in [1.54, 1.807) is 0 Å². The number of nitrogens with one attached hydrogen (secondary N) is 1. The van der Waals surface area contributed by atoms with Crippen molar-refractivity contribution < 1.29 is 0 Å². The lowest BCUT2D eigenvalue weighted by atomic mass is 9.96. The van der Waals surface area contributed by atoms with Crippen molar-refractivity contribution in [3.8, 4) is 11.8 Å². The van der Waals surface area contributed by atoms with E-state index in [2.05, 4.69) is 20.9 Å². The van der Waals surface area contributed by atoms with E-state index in [1.807, 2.05) is 36.8 Å². The Kier molecular flexibility index (Phi) is 3.30. The number of hydrogen-bond donors (Lipinski definition) is 1. The third kappa shape index (κ3) is 2.38. The third-order valence-electron chi connectivity index (χ3n) is 3.64. The Hall–Kier alpha value is -2.12. The molecule has 0 bridgehead atoms. The molecule has 1 N–H and O–H groups in total. The summed E-state index contributed by atoms with van der Waals surface area (Å²) < 4.78 is 2.10. The maximum atomic E-state index is 8.99. The molecule has 2 aromatic rings. The monoisotopic (exact) mass is 252 g/mol. The second-order valence-electron chi connectivity index (χ2n) is 4.89. The minimum absolute atomic E-state index is 0.502. The molecular weight excluding hydrogens is 236 g/mol. The van der Waals surface area contributed by atoms with Gasteiger partial charge in [-0.3, -0.25) is 0 Å². The summed E-state index contributed by atoms with van der Waals surface area (Å²) in [7, 11) is 0. The number of nitriles is 1. The summed E-state index contributed by atoms with van der Waals surface area (Å²) in [5.74, 6) is 0.502. The minimum atomic E-state index is 0.502. The molecule has 4 nitrogen and oxygen atoms in total. The highest BCUT2D eigenvalue weighted by Gasteiger charge is 2.19. The molecule has 0 radical (unpaired) electrons. The molecule has 1 aromatic heterocycles. The summed E-state index contributed by atoms with van der Waals surface area (Å²) >= 11 is 0. The maximum Gasteiger partial charge on any atom is 0.0994 e. The van der Waals surface area contributed by atoms with Crippen LogP contribution in [0.1, 0.15) is 30.0 Å². The Bertz CT molecular complexity index is 603. The van der Waals surface area contributed by atoms with Gasteiger partial charge in [0.25, 0.3) is 0 Å². The highest BCUT2D eigenvalue weighted by atomic mass is 15.1. The van der Waals surface area contributed by atoms with Crippen molar-refractivity contribution >= 4 is 0 Å². The van der Waals surface area contributed by atoms with Crippen molar-refractivity contribution in [3.63, 3.8) is 0 Å². The molecule has 2 heterocycles. The van der Waals surface area contributed by atoms with Crippen LogP contribution in [0.2, 0.25) is 0 Å². The Morgan fingerprint density at radius 2 is 2.37 bits per heavy atom. The molecule has 1 aliphatic heterocycles. The smallest absolute Gasteiger partial charge is 0.0994 e. The fourth-order valence-corrected chi connectivity index (χ4v) is 2.65. The molecule has 4 heteroatoms. The van der Waals surface area contributed by atoms with Crippen LogP contribution in [-0.2, 0) is 0 Å². The number of piperidine rings is 1. The number of rotatable bonds is 2. The van der Waals surface area contributed by atoms with Crippen molar-refractivity contribution in [1.29, 1.82) is 5.26 Å². The van der Waals surface area contributed by atoms with E-state index in [-0.39, 0.29) is 0 Å². The lowest BCUT2D eigenvalue weighted by Crippen LogP contribution is -2.29. The quantitative estimate of drug-likeness (QED) is 0.891. The zero-order valence-electron chi connectivity index (χ0n) is 10.7. The van der Waals surface area contributed by atoms with Crippen LogP contribution in [0.5, 0.6) is 0 Å². The van der Waals surface area contributed by atoms with E-state index in [1.165, 1.54) is 18.5 Å². The predicted molar refractivity (Wildman–Crippen MR) is 73.1 cm³/mol. The van der Waals surface area contributed by atoms with E-state index in [9.17, 15) is 0 Å². The highest BCUT2D eigenvalue weighted by Crippen LogP contribution is 2.25. The second kappa shape index (κ2) is 5.25. The van der Waals surface area contributed by atoms with Gasteiger partial charge in [0.15, 0.2) is 0 Å². The van der Waals surface area contributed by atoms with Crippen molar-refractivity contribution in [2.45, 2.75) is 18.8 Å². The zero-order valence-corrected chi connectivity index (χ0v) is 10.7. The number of hydrogen-bond acceptors (Lipinski definition) is 3. The Morgan fingerprint density at radius 1 is 1.42 bits per heavy atom. The molecule has 1 aromatic carbocycles. The van der Waals surface area contributed by atoms with Gasteiger partial charge in [0, 0.05) is 30.0 Å². The van der Waals surface area contributed by atoms with Crippen LogP contribution < -0.4 is 5.32 Å². The molecular formula is C15H16N4. The summed E-state index contributed by atoms with van der Waals surface area (Å²) in [5, 5.41) is 12.4. The van der Waals surface area contributed by atoms with E-state index in [0.29, 0.717) is 11.5 Å². The number of imidazole rings is 1. The number of aromatic nitrogens is 2. The molecule has 0 saturated carbocycles. The van der Waals surface area contributed by atoms with Crippen molar-refractivity contribution in [1.82, 2.24) is 14.9 Å². The van der Waals surface area contributed by atoms with Crippen LogP contribution in [0.4, 0.5) is 0 Å². The van der Waals surface area contributed by atoms with Gasteiger partial charge in [0.05, 0.1) is 18.0 Å². The molecule has 1 saturated heterocycles. The fraction of sp³-hybridized carbons (Fsp3) is 0.333. The molecule has 19 heavy (non-hydrogen) atoms. The van der Waals surface area contributed by atoms with Crippen LogP contribution in [-0.4, -0.2) is 22.6 Å². The largest absolute Gasteiger partial charge is 0.316 e. The summed E-state index contributed by atoms with van der Waals surface area (Å²) in [6, 6.07) is 9.84. The first-order valence-electron chi connectivity index (χ1n) is 6.62. The lowest BCUT2D eigenvalue weighted by molar-refractivity contribution is 0.451. The van der Waals surface area contributed by atoms with Gasteiger partial charge in [-0.05, 0) is 37.6 Å². The Balaban J connectivity index is 1.97. The van der Waals surface area contributed by atoms with E-state index >= 15 is 0 Å². The fourth-order valence-electron chi connectivity index (χ4n) is 2.65. The topological polar surface area (TPSA) is 53.6 Å². The molecule has 1 unspecified atom stereocenters. The summed E-state index contributed by atoms with van der Waals surface area (Å²) in [4.78, 5) is 4.28. The van der Waals surface area contributed by atoms with Gasteiger partial charge in [0.2, 0.25) is 0 Å². The van der Waals surface area contributed by atoms with Gasteiger partial charge < -0.3 is 9.88 Å². The van der Waals surface area contributed by atoms with Crippen molar-refractivity contribution in [3.05, 3.63) is 48.0 Å². The molecule has 0 aliphatic carbocycles. The Labute approximate surface area is 112 Å². The van der Waals surface area contributed by atoms with E-state index < -0.39 is 0 Å². The van der Waals surface area contributed by atoms with E-state index in [4.69, 9.17) is 5.26 Å². The molecule has 0 spiro atoms. The first-order valence-corrected chi connectivity index (χ1v) is 6.62. The van der Waals surface area contributed by atoms with Crippen LogP contribution in [0.3, 0.4) is 0 Å². The van der Waals surface area contributed by atoms with Crippen LogP contribution in [0.15, 0.2) is 36.8 Å². The van der Waals surface area contributed by atoms with Crippen LogP contribution in [0.25, 0.3) is 5.69 Å². The summed E-state index contributed by atoms with van der Waals surface area (Å²) in [6.45, 7) is 2.11. The third-order valence-corrected chi connectivity index (χ3v) is 3.64. The molecule has 96 valence electrons. The van der Waals surface area contributed by atoms with Crippen LogP contribution >= 0.6 is 0 Å². The molecule has 1 fully saturated rings. The summed E-state index contributed by atoms with van der Waals surface area (Å²) in [6.07, 6.45) is 6.17. The maximum absolute atomic E-state index is 8.99. The number of nitrogens with zero attached hydrogens (tertiary/aromatic N) is 3. The predicted octanol–water partition coefficient (Wildman–Crippen LogP) is 2.21. The highest BCUT2D eigenvalue weighted by molar-refractivity contribution is 5.42. The van der Waals surface area contributed by atoms with Gasteiger partial charge >= 0.3 is 0 Å². The average Bonchev–Trinajstić information content (AvgIpc) is 2.98. The molecule has 0 amide bonds. The lowest BCUT2D eigenvalue weighted by Gasteiger charge is -2.23. The molecule has 3 rings (SSSR count). The first-order chi connectivity index (χ1) is 9.38. The van der Waals surface area contributed by atoms with Crippen molar-refractivity contribution in [2.75, 3.05) is 13.1 Å². The van der Waals surface area contributed by atoms with Gasteiger partial charge in [-0.2, -0.15) is 5.26 Å². The van der Waals surface area contributed by atoms with Crippen molar-refractivity contribution in [2.24, 2.45) is 0 Å². The molecule has 1 atom stereocenters. The SMILES string of the molecule is N#Cc1cccc(-n2cncc2C2CCCNC2)c1. The zero-order chi connectivity index (χ0) is 13.1. The summed E-state index contributed by atoms with van der Waals surface area (Å²) in [5.41, 5.74) is 2.92. The number of benzene rings is 1. The minimum Gasteiger partial charge on any atom is -0.316 e. The van der Waals surface area contributed by atoms with Crippen LogP contribution in [0, 0.1) is 11.3 Å². The van der Waals surface area contributed by atoms with Gasteiger partial charge in [-0.25, -0.2) is 4.98 Å². The normalized spacial score (nSPS) is 19.0. The van der Waals surface area contributed by atoms with E-state index in [0.717, 1.165) is 18.8 Å². The van der Waals surface area contributed by atoms with Gasteiger partial charge in [-0.1, -0.05) is 6.07 Å². The first kappa shape index (κ1) is 11.9. The molecule has 1 aliphatic rings. The second-order valence-corrected chi connectivity index (χ2v) is 4.89. The Morgan fingerprint density at radius 3 is 3.16 bits per heavy atom. The van der Waals surface area contributed by atoms with Gasteiger partial charge in [0.1, 0.15) is 0 Å².